The molecule has 2 rings (SSSR count). The van der Waals surface area contributed by atoms with Crippen molar-refractivity contribution in [3.05, 3.63) is 34.9 Å². The molecule has 1 fully saturated rings. The van der Waals surface area contributed by atoms with Gasteiger partial charge in [0, 0.05) is 23.6 Å². The average Bonchev–Trinajstić information content (AvgIpc) is 2.92. The highest BCUT2D eigenvalue weighted by Crippen LogP contribution is 2.26. The number of Topliss-reactive ketones (excluding diaryl/α,β-unsaturated/α-hetero) is 1. The fraction of sp³-hybridized carbons (Fsp3) is 0.533. The summed E-state index contributed by atoms with van der Waals surface area (Å²) < 4.78 is 5.26. The van der Waals surface area contributed by atoms with Gasteiger partial charge >= 0.3 is 0 Å². The van der Waals surface area contributed by atoms with Crippen molar-refractivity contribution in [2.45, 2.75) is 19.4 Å². The van der Waals surface area contributed by atoms with Gasteiger partial charge in [-0.1, -0.05) is 29.8 Å². The van der Waals surface area contributed by atoms with Gasteiger partial charge in [0.2, 0.25) is 0 Å². The number of halogens is 1. The van der Waals surface area contributed by atoms with E-state index in [2.05, 4.69) is 6.92 Å². The van der Waals surface area contributed by atoms with Crippen LogP contribution in [0.5, 0.6) is 0 Å². The third-order valence-electron chi connectivity index (χ3n) is 3.81. The zero-order valence-corrected chi connectivity index (χ0v) is 12.2. The lowest BCUT2D eigenvalue weighted by Gasteiger charge is -2.26. The fourth-order valence-electron chi connectivity index (χ4n) is 2.35. The Bertz CT molecular complexity index is 444. The van der Waals surface area contributed by atoms with Gasteiger partial charge in [0.1, 0.15) is 0 Å². The van der Waals surface area contributed by atoms with Crippen LogP contribution in [0, 0.1) is 5.92 Å². The maximum absolute atomic E-state index is 12.1. The third kappa shape index (κ3) is 3.56. The van der Waals surface area contributed by atoms with Gasteiger partial charge in [-0.2, -0.15) is 0 Å². The third-order valence-corrected chi connectivity index (χ3v) is 4.15. The summed E-state index contributed by atoms with van der Waals surface area (Å²) in [5.74, 6) is 0.333. The molecule has 2 unspecified atom stereocenters. The van der Waals surface area contributed by atoms with Crippen LogP contribution in [0.25, 0.3) is 0 Å². The molecule has 0 radical (unpaired) electrons. The normalized spacial score (nSPS) is 20.7. The number of rotatable bonds is 5. The molecule has 1 heterocycles. The molecular formula is C15H20ClNO2. The Morgan fingerprint density at radius 3 is 2.89 bits per heavy atom. The van der Waals surface area contributed by atoms with Crippen molar-refractivity contribution < 1.29 is 9.53 Å². The monoisotopic (exact) mass is 281 g/mol. The minimum atomic E-state index is 0.0703. The van der Waals surface area contributed by atoms with Crippen molar-refractivity contribution in [2.75, 3.05) is 26.8 Å². The molecule has 0 spiro atoms. The van der Waals surface area contributed by atoms with Crippen LogP contribution in [-0.4, -0.2) is 37.5 Å². The summed E-state index contributed by atoms with van der Waals surface area (Å²) >= 11 is 6.20. The van der Waals surface area contributed by atoms with Crippen LogP contribution in [0.3, 0.4) is 0 Å². The lowest BCUT2D eigenvalue weighted by Crippen LogP contribution is -2.32. The van der Waals surface area contributed by atoms with Crippen LogP contribution in [0.1, 0.15) is 24.9 Å². The highest BCUT2D eigenvalue weighted by molar-refractivity contribution is 6.31. The summed E-state index contributed by atoms with van der Waals surface area (Å²) in [7, 11) is 1.96. The minimum Gasteiger partial charge on any atom is -0.381 e. The molecule has 0 aliphatic carbocycles. The molecular weight excluding hydrogens is 262 g/mol. The molecule has 1 aliphatic heterocycles. The topological polar surface area (TPSA) is 29.5 Å². The van der Waals surface area contributed by atoms with Gasteiger partial charge in [-0.05, 0) is 32.0 Å². The number of nitrogens with zero attached hydrogens (tertiary/aromatic N) is 1. The van der Waals surface area contributed by atoms with Crippen molar-refractivity contribution in [1.82, 2.24) is 4.90 Å². The van der Waals surface area contributed by atoms with E-state index in [-0.39, 0.29) is 17.7 Å². The van der Waals surface area contributed by atoms with Crippen LogP contribution in [0.2, 0.25) is 5.02 Å². The van der Waals surface area contributed by atoms with Crippen molar-refractivity contribution in [3.8, 4) is 0 Å². The predicted molar refractivity (Wildman–Crippen MR) is 76.4 cm³/mol. The first kappa shape index (κ1) is 14.5. The number of carbonyl (C=O) groups excluding carboxylic acids is 1. The first-order valence-corrected chi connectivity index (χ1v) is 7.02. The van der Waals surface area contributed by atoms with E-state index >= 15 is 0 Å². The molecule has 0 N–H and O–H groups in total. The summed E-state index contributed by atoms with van der Waals surface area (Å²) in [6.07, 6.45) is 0.854. The van der Waals surface area contributed by atoms with Gasteiger partial charge in [0.05, 0.1) is 13.2 Å². The van der Waals surface area contributed by atoms with Crippen LogP contribution < -0.4 is 0 Å². The molecule has 1 aromatic carbocycles. The molecule has 2 atom stereocenters. The van der Waals surface area contributed by atoms with Crippen molar-refractivity contribution >= 4 is 17.4 Å². The van der Waals surface area contributed by atoms with E-state index in [0.29, 0.717) is 19.8 Å². The van der Waals surface area contributed by atoms with Crippen LogP contribution in [0.4, 0.5) is 0 Å². The van der Waals surface area contributed by atoms with Gasteiger partial charge in [-0.3, -0.25) is 9.69 Å². The summed E-state index contributed by atoms with van der Waals surface area (Å²) in [4.78, 5) is 14.2. The molecule has 1 aromatic rings. The van der Waals surface area contributed by atoms with E-state index in [4.69, 9.17) is 16.3 Å². The standard InChI is InChI=1S/C15H20ClNO2/c1-11(13-5-3-4-6-14(13)16)17(2)9-15(18)12-7-8-19-10-12/h3-6,11-12H,7-10H2,1-2H3. The second-order valence-corrected chi connectivity index (χ2v) is 5.55. The number of carbonyl (C=O) groups is 1. The second-order valence-electron chi connectivity index (χ2n) is 5.14. The molecule has 0 bridgehead atoms. The van der Waals surface area contributed by atoms with Gasteiger partial charge in [-0.15, -0.1) is 0 Å². The zero-order valence-electron chi connectivity index (χ0n) is 11.4. The van der Waals surface area contributed by atoms with E-state index in [1.165, 1.54) is 0 Å². The SMILES string of the molecule is CC(c1ccccc1Cl)N(C)CC(=O)C1CCOC1. The van der Waals surface area contributed by atoms with E-state index in [1.807, 2.05) is 36.2 Å². The molecule has 0 aromatic heterocycles. The Morgan fingerprint density at radius 1 is 1.53 bits per heavy atom. The quantitative estimate of drug-likeness (QED) is 0.831. The van der Waals surface area contributed by atoms with Gasteiger partial charge in [0.15, 0.2) is 5.78 Å². The van der Waals surface area contributed by atoms with Gasteiger partial charge < -0.3 is 4.74 Å². The molecule has 3 nitrogen and oxygen atoms in total. The molecule has 0 saturated carbocycles. The summed E-state index contributed by atoms with van der Waals surface area (Å²) in [5, 5.41) is 0.749. The molecule has 19 heavy (non-hydrogen) atoms. The average molecular weight is 282 g/mol. The Labute approximate surface area is 119 Å². The maximum Gasteiger partial charge on any atom is 0.152 e. The van der Waals surface area contributed by atoms with E-state index < -0.39 is 0 Å². The van der Waals surface area contributed by atoms with Crippen molar-refractivity contribution in [3.63, 3.8) is 0 Å². The Balaban J connectivity index is 1.97. The molecule has 0 amide bonds. The van der Waals surface area contributed by atoms with Crippen molar-refractivity contribution in [1.29, 1.82) is 0 Å². The molecule has 1 saturated heterocycles. The second kappa shape index (κ2) is 6.51. The number of ketones is 1. The largest absolute Gasteiger partial charge is 0.381 e. The fourth-order valence-corrected chi connectivity index (χ4v) is 2.65. The minimum absolute atomic E-state index is 0.0703. The number of likely N-dealkylation sites (N-methyl/N-ethyl adjacent to an activating group) is 1. The number of hydrogen-bond acceptors (Lipinski definition) is 3. The Hall–Kier alpha value is -0.900. The lowest BCUT2D eigenvalue weighted by molar-refractivity contribution is -0.124. The lowest BCUT2D eigenvalue weighted by atomic mass is 10.0. The zero-order chi connectivity index (χ0) is 13.8. The smallest absolute Gasteiger partial charge is 0.152 e. The van der Waals surface area contributed by atoms with Crippen LogP contribution in [-0.2, 0) is 9.53 Å². The number of hydrogen-bond donors (Lipinski definition) is 0. The summed E-state index contributed by atoms with van der Waals surface area (Å²) in [6.45, 7) is 3.80. The highest BCUT2D eigenvalue weighted by atomic mass is 35.5. The summed E-state index contributed by atoms with van der Waals surface area (Å²) in [5.41, 5.74) is 1.06. The first-order chi connectivity index (χ1) is 9.09. The first-order valence-electron chi connectivity index (χ1n) is 6.64. The summed E-state index contributed by atoms with van der Waals surface area (Å²) in [6, 6.07) is 7.90. The van der Waals surface area contributed by atoms with Crippen LogP contribution in [0.15, 0.2) is 24.3 Å². The number of benzene rings is 1. The van der Waals surface area contributed by atoms with E-state index in [9.17, 15) is 4.79 Å². The van der Waals surface area contributed by atoms with Gasteiger partial charge in [0.25, 0.3) is 0 Å². The molecule has 104 valence electrons. The van der Waals surface area contributed by atoms with Crippen LogP contribution >= 0.6 is 11.6 Å². The van der Waals surface area contributed by atoms with E-state index in [1.54, 1.807) is 0 Å². The highest BCUT2D eigenvalue weighted by Gasteiger charge is 2.25. The van der Waals surface area contributed by atoms with E-state index in [0.717, 1.165) is 17.0 Å². The van der Waals surface area contributed by atoms with Crippen molar-refractivity contribution in [2.24, 2.45) is 5.92 Å². The molecule has 1 aliphatic rings. The van der Waals surface area contributed by atoms with Gasteiger partial charge in [-0.25, -0.2) is 0 Å². The Morgan fingerprint density at radius 2 is 2.26 bits per heavy atom. The Kier molecular flexibility index (Phi) is 4.97. The predicted octanol–water partition coefficient (Wildman–Crippen LogP) is 2.94. The maximum atomic E-state index is 12.1. The number of ether oxygens (including phenoxy) is 1. The molecule has 4 heteroatoms.